The molecule has 0 saturated carbocycles. The summed E-state index contributed by atoms with van der Waals surface area (Å²) in [5.41, 5.74) is 0. The van der Waals surface area contributed by atoms with E-state index in [2.05, 4.69) is 29.5 Å². The van der Waals surface area contributed by atoms with Gasteiger partial charge in [-0.25, -0.2) is 0 Å². The van der Waals surface area contributed by atoms with Crippen LogP contribution in [0.15, 0.2) is 28.9 Å². The Kier molecular flexibility index (Phi) is 3.53. The van der Waals surface area contributed by atoms with Gasteiger partial charge in [0.2, 0.25) is 0 Å². The summed E-state index contributed by atoms with van der Waals surface area (Å²) in [5.74, 6) is 0.877. The monoisotopic (exact) mass is 222 g/mol. The highest BCUT2D eigenvalue weighted by atomic mass is 32.1. The van der Waals surface area contributed by atoms with Crippen molar-refractivity contribution >= 4 is 11.3 Å². The molecule has 2 aromatic rings. The number of aryl methyl sites for hydroxylation is 1. The molecule has 3 nitrogen and oxygen atoms in total. The Morgan fingerprint density at radius 2 is 2.13 bits per heavy atom. The van der Waals surface area contributed by atoms with Crippen molar-refractivity contribution in [1.82, 2.24) is 10.5 Å². The summed E-state index contributed by atoms with van der Waals surface area (Å²) in [7, 11) is 0. The predicted molar refractivity (Wildman–Crippen MR) is 60.7 cm³/mol. The normalized spacial score (nSPS) is 10.7. The Morgan fingerprint density at radius 3 is 2.80 bits per heavy atom. The van der Waals surface area contributed by atoms with Gasteiger partial charge in [0, 0.05) is 22.4 Å². The minimum Gasteiger partial charge on any atom is -0.360 e. The zero-order chi connectivity index (χ0) is 10.5. The zero-order valence-corrected chi connectivity index (χ0v) is 9.51. The maximum atomic E-state index is 4.99. The van der Waals surface area contributed by atoms with E-state index in [0.717, 1.165) is 25.3 Å². The van der Waals surface area contributed by atoms with Crippen LogP contribution in [0.1, 0.15) is 22.4 Å². The van der Waals surface area contributed by atoms with Crippen LogP contribution in [0.2, 0.25) is 0 Å². The molecule has 0 fully saturated rings. The molecule has 0 radical (unpaired) electrons. The van der Waals surface area contributed by atoms with E-state index >= 15 is 0 Å². The fourth-order valence-electron chi connectivity index (χ4n) is 1.35. The topological polar surface area (TPSA) is 38.1 Å². The molecule has 0 unspecified atom stereocenters. The van der Waals surface area contributed by atoms with Crippen molar-refractivity contribution in [3.8, 4) is 0 Å². The van der Waals surface area contributed by atoms with Crippen LogP contribution in [0, 0.1) is 0 Å². The van der Waals surface area contributed by atoms with E-state index < -0.39 is 0 Å². The molecule has 2 heterocycles. The van der Waals surface area contributed by atoms with Gasteiger partial charge < -0.3 is 9.84 Å². The van der Waals surface area contributed by atoms with Crippen LogP contribution in [-0.2, 0) is 19.5 Å². The second kappa shape index (κ2) is 5.09. The van der Waals surface area contributed by atoms with Gasteiger partial charge >= 0.3 is 0 Å². The van der Waals surface area contributed by atoms with Crippen LogP contribution in [0.5, 0.6) is 0 Å². The van der Waals surface area contributed by atoms with Crippen LogP contribution >= 0.6 is 11.3 Å². The quantitative estimate of drug-likeness (QED) is 0.845. The molecule has 0 aliphatic rings. The number of nitrogens with one attached hydrogen (secondary N) is 1. The van der Waals surface area contributed by atoms with Gasteiger partial charge in [0.05, 0.1) is 12.7 Å². The van der Waals surface area contributed by atoms with Gasteiger partial charge in [0.15, 0.2) is 0 Å². The Balaban J connectivity index is 1.78. The first-order valence-electron chi connectivity index (χ1n) is 5.06. The molecular formula is C11H14N2OS. The van der Waals surface area contributed by atoms with Crippen LogP contribution in [0.3, 0.4) is 0 Å². The number of nitrogens with zero attached hydrogens (tertiary/aromatic N) is 1. The second-order valence-electron chi connectivity index (χ2n) is 3.30. The molecule has 0 aliphatic carbocycles. The van der Waals surface area contributed by atoms with Gasteiger partial charge in [-0.1, -0.05) is 12.1 Å². The molecule has 1 N–H and O–H groups in total. The summed E-state index contributed by atoms with van der Waals surface area (Å²) in [6.07, 6.45) is 2.78. The van der Waals surface area contributed by atoms with Gasteiger partial charge in [-0.15, -0.1) is 11.3 Å². The number of hydrogen-bond donors (Lipinski definition) is 1. The number of thiophene rings is 1. The zero-order valence-electron chi connectivity index (χ0n) is 8.69. The third kappa shape index (κ3) is 2.91. The van der Waals surface area contributed by atoms with Crippen molar-refractivity contribution in [3.05, 3.63) is 39.9 Å². The molecule has 0 atom stereocenters. The predicted octanol–water partition coefficient (Wildman–Crippen LogP) is 2.59. The van der Waals surface area contributed by atoms with E-state index in [1.165, 1.54) is 9.75 Å². The third-order valence-electron chi connectivity index (χ3n) is 2.16. The lowest BCUT2D eigenvalue weighted by molar-refractivity contribution is 0.373. The lowest BCUT2D eigenvalue weighted by atomic mass is 10.3. The van der Waals surface area contributed by atoms with E-state index in [1.54, 1.807) is 6.20 Å². The van der Waals surface area contributed by atoms with Crippen LogP contribution < -0.4 is 5.32 Å². The Morgan fingerprint density at radius 1 is 1.27 bits per heavy atom. The average molecular weight is 222 g/mol. The van der Waals surface area contributed by atoms with Crippen molar-refractivity contribution in [2.75, 3.05) is 0 Å². The summed E-state index contributed by atoms with van der Waals surface area (Å²) in [4.78, 5) is 2.80. The van der Waals surface area contributed by atoms with Crippen molar-refractivity contribution in [1.29, 1.82) is 0 Å². The summed E-state index contributed by atoms with van der Waals surface area (Å²) in [5, 5.41) is 6.97. The first-order chi connectivity index (χ1) is 7.38. The third-order valence-corrected chi connectivity index (χ3v) is 3.39. The van der Waals surface area contributed by atoms with Crippen LogP contribution in [-0.4, -0.2) is 5.16 Å². The first kappa shape index (κ1) is 10.4. The van der Waals surface area contributed by atoms with E-state index in [-0.39, 0.29) is 0 Å². The minimum atomic E-state index is 0.735. The van der Waals surface area contributed by atoms with Crippen molar-refractivity contribution in [3.63, 3.8) is 0 Å². The van der Waals surface area contributed by atoms with Gasteiger partial charge in [0.25, 0.3) is 0 Å². The van der Waals surface area contributed by atoms with E-state index in [9.17, 15) is 0 Å². The summed E-state index contributed by atoms with van der Waals surface area (Å²) in [6.45, 7) is 3.81. The summed E-state index contributed by atoms with van der Waals surface area (Å²) < 4.78 is 4.99. The molecule has 0 bridgehead atoms. The molecule has 80 valence electrons. The van der Waals surface area contributed by atoms with Crippen LogP contribution in [0.25, 0.3) is 0 Å². The summed E-state index contributed by atoms with van der Waals surface area (Å²) in [6, 6.07) is 6.24. The van der Waals surface area contributed by atoms with Crippen LogP contribution in [0.4, 0.5) is 0 Å². The van der Waals surface area contributed by atoms with Crippen molar-refractivity contribution in [2.45, 2.75) is 26.4 Å². The lowest BCUT2D eigenvalue weighted by Crippen LogP contribution is -2.10. The maximum Gasteiger partial charge on any atom is 0.150 e. The van der Waals surface area contributed by atoms with Crippen molar-refractivity contribution < 1.29 is 4.52 Å². The minimum absolute atomic E-state index is 0.735. The van der Waals surface area contributed by atoms with Gasteiger partial charge in [0.1, 0.15) is 5.76 Å². The number of hydrogen-bond acceptors (Lipinski definition) is 4. The first-order valence-corrected chi connectivity index (χ1v) is 5.88. The molecule has 0 saturated heterocycles. The number of aromatic nitrogens is 1. The highest BCUT2D eigenvalue weighted by molar-refractivity contribution is 7.11. The number of rotatable bonds is 5. The molecule has 2 aromatic heterocycles. The molecule has 0 amide bonds. The van der Waals surface area contributed by atoms with Gasteiger partial charge in [-0.3, -0.25) is 0 Å². The standard InChI is InChI=1S/C11H14N2OS/c1-2-10-3-4-11(15-10)8-12-7-9-5-6-13-14-9/h3-6,12H,2,7-8H2,1H3. The molecule has 0 aromatic carbocycles. The lowest BCUT2D eigenvalue weighted by Gasteiger charge is -1.98. The van der Waals surface area contributed by atoms with E-state index in [1.807, 2.05) is 17.4 Å². The molecular weight excluding hydrogens is 208 g/mol. The Bertz CT molecular complexity index is 394. The fourth-order valence-corrected chi connectivity index (χ4v) is 2.28. The highest BCUT2D eigenvalue weighted by Gasteiger charge is 1.99. The molecule has 15 heavy (non-hydrogen) atoms. The second-order valence-corrected chi connectivity index (χ2v) is 4.56. The Labute approximate surface area is 93.1 Å². The largest absolute Gasteiger partial charge is 0.360 e. The van der Waals surface area contributed by atoms with E-state index in [0.29, 0.717) is 0 Å². The van der Waals surface area contributed by atoms with Gasteiger partial charge in [-0.05, 0) is 18.6 Å². The molecule has 0 aliphatic heterocycles. The SMILES string of the molecule is CCc1ccc(CNCc2ccno2)s1. The molecule has 2 rings (SSSR count). The summed E-state index contributed by atoms with van der Waals surface area (Å²) >= 11 is 1.86. The maximum absolute atomic E-state index is 4.99. The van der Waals surface area contributed by atoms with Gasteiger partial charge in [-0.2, -0.15) is 0 Å². The van der Waals surface area contributed by atoms with Crippen molar-refractivity contribution in [2.24, 2.45) is 0 Å². The Hall–Kier alpha value is -1.13. The molecule has 4 heteroatoms. The molecule has 0 spiro atoms. The highest BCUT2D eigenvalue weighted by Crippen LogP contribution is 2.16. The van der Waals surface area contributed by atoms with E-state index in [4.69, 9.17) is 4.52 Å². The average Bonchev–Trinajstić information content (AvgIpc) is 2.88. The smallest absolute Gasteiger partial charge is 0.150 e. The fraction of sp³-hybridized carbons (Fsp3) is 0.364.